The van der Waals surface area contributed by atoms with Crippen molar-refractivity contribution >= 4 is 34.5 Å². The number of alkyl halides is 3. The molecular weight excluding hydrogens is 631 g/mol. The molecule has 12 nitrogen and oxygen atoms in total. The van der Waals surface area contributed by atoms with Crippen LogP contribution in [0.15, 0.2) is 73.1 Å². The summed E-state index contributed by atoms with van der Waals surface area (Å²) in [6, 6.07) is 15.0. The van der Waals surface area contributed by atoms with Crippen LogP contribution >= 0.6 is 0 Å². The predicted octanol–water partition coefficient (Wildman–Crippen LogP) is 6.44. The van der Waals surface area contributed by atoms with Crippen LogP contribution in [-0.4, -0.2) is 57.1 Å². The molecule has 1 unspecified atom stereocenters. The lowest BCUT2D eigenvalue weighted by Gasteiger charge is -2.13. The first-order valence-electron chi connectivity index (χ1n) is 14.7. The van der Waals surface area contributed by atoms with Crippen LogP contribution in [0, 0.1) is 0 Å². The summed E-state index contributed by atoms with van der Waals surface area (Å²) in [4.78, 5) is 32.4. The van der Waals surface area contributed by atoms with Crippen molar-refractivity contribution in [2.45, 2.75) is 38.7 Å². The third kappa shape index (κ3) is 7.74. The Kier molecular flexibility index (Phi) is 9.96. The molecular formula is C33H32F3N7O5. The highest BCUT2D eigenvalue weighted by Crippen LogP contribution is 2.34. The molecule has 0 aliphatic carbocycles. The van der Waals surface area contributed by atoms with Crippen molar-refractivity contribution < 1.29 is 37.3 Å². The largest absolute Gasteiger partial charge is 0.497 e. The van der Waals surface area contributed by atoms with Gasteiger partial charge in [0.05, 0.1) is 30.7 Å². The SMILES string of the molecule is COc1ccc(CNc2nccc3c2c(-c2ccc(C(=O)Nc4cc(C(F)(F)F)ccn4)cc2)nn3CCC(C)NC(=O)O)c(OC)c1. The maximum absolute atomic E-state index is 13.1. The minimum atomic E-state index is -4.58. The number of nitrogens with one attached hydrogen (secondary N) is 3. The number of fused-ring (bicyclic) bond motifs is 1. The Bertz CT molecular complexity index is 1930. The van der Waals surface area contributed by atoms with Gasteiger partial charge in [0, 0.05) is 54.3 Å². The van der Waals surface area contributed by atoms with E-state index >= 15 is 0 Å². The third-order valence-electron chi connectivity index (χ3n) is 7.50. The van der Waals surface area contributed by atoms with Gasteiger partial charge < -0.3 is 30.5 Å². The maximum atomic E-state index is 13.1. The van der Waals surface area contributed by atoms with Crippen LogP contribution in [0.4, 0.5) is 29.6 Å². The van der Waals surface area contributed by atoms with Crippen molar-refractivity contribution in [2.24, 2.45) is 0 Å². The molecule has 0 aliphatic rings. The lowest BCUT2D eigenvalue weighted by atomic mass is 10.1. The van der Waals surface area contributed by atoms with Crippen molar-refractivity contribution in [1.29, 1.82) is 0 Å². The predicted molar refractivity (Wildman–Crippen MR) is 172 cm³/mol. The van der Waals surface area contributed by atoms with Gasteiger partial charge in [0.15, 0.2) is 0 Å². The minimum Gasteiger partial charge on any atom is -0.497 e. The average molecular weight is 664 g/mol. The molecule has 2 amide bonds. The monoisotopic (exact) mass is 663 g/mol. The van der Waals surface area contributed by atoms with Gasteiger partial charge in [-0.15, -0.1) is 0 Å². The van der Waals surface area contributed by atoms with Gasteiger partial charge in [-0.3, -0.25) is 9.48 Å². The van der Waals surface area contributed by atoms with Gasteiger partial charge in [0.1, 0.15) is 28.8 Å². The molecule has 5 aromatic rings. The number of carboxylic acid groups (broad SMARTS) is 1. The molecule has 0 saturated heterocycles. The van der Waals surface area contributed by atoms with Gasteiger partial charge in [-0.05, 0) is 55.8 Å². The number of nitrogens with zero attached hydrogens (tertiary/aromatic N) is 4. The Morgan fingerprint density at radius 3 is 2.42 bits per heavy atom. The van der Waals surface area contributed by atoms with Crippen molar-refractivity contribution in [2.75, 3.05) is 24.9 Å². The molecule has 3 heterocycles. The van der Waals surface area contributed by atoms with Crippen LogP contribution in [-0.2, 0) is 19.3 Å². The quantitative estimate of drug-likeness (QED) is 0.118. The summed E-state index contributed by atoms with van der Waals surface area (Å²) in [5.74, 6) is 0.931. The van der Waals surface area contributed by atoms with E-state index in [4.69, 9.17) is 19.7 Å². The fourth-order valence-electron chi connectivity index (χ4n) is 5.05. The van der Waals surface area contributed by atoms with E-state index in [9.17, 15) is 22.8 Å². The molecule has 2 aromatic carbocycles. The standard InChI is InChI=1S/C33H32F3N7O5/c1-19(40-32(45)46)12-15-43-25-11-14-38-30(39-18-22-8-9-24(47-2)17-26(22)48-3)28(25)29(42-43)20-4-6-21(7-5-20)31(44)41-27-16-23(10-13-37-27)33(34,35)36/h4-11,13-14,16-17,19,40H,12,15,18H2,1-3H3,(H,38,39)(H,45,46)(H,37,41,44). The second kappa shape index (κ2) is 14.3. The normalized spacial score (nSPS) is 12.0. The Labute approximate surface area is 272 Å². The summed E-state index contributed by atoms with van der Waals surface area (Å²) in [5, 5.41) is 22.9. The summed E-state index contributed by atoms with van der Waals surface area (Å²) < 4.78 is 52.0. The molecule has 250 valence electrons. The lowest BCUT2D eigenvalue weighted by Crippen LogP contribution is -2.31. The van der Waals surface area contributed by atoms with Gasteiger partial charge >= 0.3 is 12.3 Å². The number of amides is 2. The first kappa shape index (κ1) is 33.5. The van der Waals surface area contributed by atoms with Crippen LogP contribution < -0.4 is 25.4 Å². The molecule has 4 N–H and O–H groups in total. The zero-order valence-corrected chi connectivity index (χ0v) is 26.1. The zero-order chi connectivity index (χ0) is 34.4. The van der Waals surface area contributed by atoms with E-state index in [0.717, 1.165) is 29.4 Å². The van der Waals surface area contributed by atoms with E-state index in [-0.39, 0.29) is 17.4 Å². The number of halogens is 3. The number of anilines is 2. The van der Waals surface area contributed by atoms with E-state index in [1.54, 1.807) is 50.2 Å². The number of benzene rings is 2. The fraction of sp³-hybridized carbons (Fsp3) is 0.242. The van der Waals surface area contributed by atoms with E-state index < -0.39 is 23.7 Å². The summed E-state index contributed by atoms with van der Waals surface area (Å²) in [7, 11) is 3.14. The summed E-state index contributed by atoms with van der Waals surface area (Å²) in [6.45, 7) is 2.50. The van der Waals surface area contributed by atoms with Crippen LogP contribution in [0.3, 0.4) is 0 Å². The highest BCUT2D eigenvalue weighted by Gasteiger charge is 2.31. The number of carbonyl (C=O) groups excluding carboxylic acids is 1. The molecule has 0 fully saturated rings. The van der Waals surface area contributed by atoms with E-state index in [0.29, 0.717) is 53.5 Å². The van der Waals surface area contributed by atoms with Crippen LogP contribution in [0.2, 0.25) is 0 Å². The Balaban J connectivity index is 1.46. The lowest BCUT2D eigenvalue weighted by molar-refractivity contribution is -0.137. The summed E-state index contributed by atoms with van der Waals surface area (Å²) in [5.41, 5.74) is 2.05. The first-order valence-corrected chi connectivity index (χ1v) is 14.7. The smallest absolute Gasteiger partial charge is 0.416 e. The van der Waals surface area contributed by atoms with Gasteiger partial charge in [-0.1, -0.05) is 12.1 Å². The number of carbonyl (C=O) groups is 2. The Hall–Kier alpha value is -5.86. The van der Waals surface area contributed by atoms with Gasteiger partial charge in [-0.2, -0.15) is 18.3 Å². The molecule has 0 aliphatic heterocycles. The molecule has 48 heavy (non-hydrogen) atoms. The van der Waals surface area contributed by atoms with E-state index in [2.05, 4.69) is 25.9 Å². The topological polar surface area (TPSA) is 153 Å². The number of ether oxygens (including phenoxy) is 2. The number of aromatic nitrogens is 4. The van der Waals surface area contributed by atoms with Gasteiger partial charge in [-0.25, -0.2) is 14.8 Å². The molecule has 0 bridgehead atoms. The van der Waals surface area contributed by atoms with Crippen molar-refractivity contribution in [3.8, 4) is 22.8 Å². The summed E-state index contributed by atoms with van der Waals surface area (Å²) in [6.07, 6.45) is -2.62. The fourth-order valence-corrected chi connectivity index (χ4v) is 5.05. The second-order valence-corrected chi connectivity index (χ2v) is 10.8. The third-order valence-corrected chi connectivity index (χ3v) is 7.50. The maximum Gasteiger partial charge on any atom is 0.416 e. The molecule has 5 rings (SSSR count). The van der Waals surface area contributed by atoms with Crippen molar-refractivity contribution in [1.82, 2.24) is 25.1 Å². The molecule has 15 heteroatoms. The van der Waals surface area contributed by atoms with Crippen LogP contribution in [0.1, 0.15) is 34.8 Å². The average Bonchev–Trinajstić information content (AvgIpc) is 3.45. The number of hydrogen-bond acceptors (Lipinski definition) is 8. The zero-order valence-electron chi connectivity index (χ0n) is 26.1. The first-order chi connectivity index (χ1) is 23.0. The van der Waals surface area contributed by atoms with Crippen molar-refractivity contribution in [3.05, 3.63) is 89.7 Å². The number of hydrogen-bond donors (Lipinski definition) is 4. The highest BCUT2D eigenvalue weighted by molar-refractivity contribution is 6.05. The Morgan fingerprint density at radius 1 is 0.979 bits per heavy atom. The van der Waals surface area contributed by atoms with Crippen LogP contribution in [0.5, 0.6) is 11.5 Å². The summed E-state index contributed by atoms with van der Waals surface area (Å²) >= 11 is 0. The number of methoxy groups -OCH3 is 2. The number of rotatable bonds is 12. The van der Waals surface area contributed by atoms with Crippen molar-refractivity contribution in [3.63, 3.8) is 0 Å². The Morgan fingerprint density at radius 2 is 1.73 bits per heavy atom. The molecule has 1 atom stereocenters. The molecule has 3 aromatic heterocycles. The van der Waals surface area contributed by atoms with E-state index in [1.807, 2.05) is 18.2 Å². The molecule has 0 spiro atoms. The van der Waals surface area contributed by atoms with Gasteiger partial charge in [0.2, 0.25) is 0 Å². The minimum absolute atomic E-state index is 0.193. The van der Waals surface area contributed by atoms with Gasteiger partial charge in [0.25, 0.3) is 5.91 Å². The van der Waals surface area contributed by atoms with E-state index in [1.165, 1.54) is 12.1 Å². The second-order valence-electron chi connectivity index (χ2n) is 10.8. The molecule has 0 radical (unpaired) electrons. The van der Waals surface area contributed by atoms with Crippen LogP contribution in [0.25, 0.3) is 22.2 Å². The number of pyridine rings is 2. The highest BCUT2D eigenvalue weighted by atomic mass is 19.4. The molecule has 0 saturated carbocycles. The number of aryl methyl sites for hydroxylation is 1.